The van der Waals surface area contributed by atoms with Crippen molar-refractivity contribution in [3.63, 3.8) is 0 Å². The van der Waals surface area contributed by atoms with Gasteiger partial charge in [0.15, 0.2) is 0 Å². The van der Waals surface area contributed by atoms with E-state index in [1.54, 1.807) is 0 Å². The molecule has 4 atom stereocenters. The number of aryl methyl sites for hydroxylation is 1. The molecule has 4 unspecified atom stereocenters. The normalized spacial score (nSPS) is 25.7. The van der Waals surface area contributed by atoms with Gasteiger partial charge < -0.3 is 14.7 Å². The summed E-state index contributed by atoms with van der Waals surface area (Å²) in [6, 6.07) is 46.7. The topological polar surface area (TPSA) is 9.72 Å². The van der Waals surface area contributed by atoms with Gasteiger partial charge in [-0.05, 0) is 148 Å². The van der Waals surface area contributed by atoms with Gasteiger partial charge in [-0.1, -0.05) is 168 Å². The van der Waals surface area contributed by atoms with Crippen molar-refractivity contribution >= 4 is 62.9 Å². The van der Waals surface area contributed by atoms with Gasteiger partial charge in [-0.25, -0.2) is 0 Å². The van der Waals surface area contributed by atoms with E-state index in [4.69, 9.17) is 0 Å². The molecule has 0 bridgehead atoms. The highest BCUT2D eigenvalue weighted by molar-refractivity contribution is 7.00. The lowest BCUT2D eigenvalue weighted by molar-refractivity contribution is 0.195. The van der Waals surface area contributed by atoms with Crippen molar-refractivity contribution in [3.8, 4) is 0 Å². The van der Waals surface area contributed by atoms with Crippen LogP contribution in [-0.2, 0) is 39.0 Å². The lowest BCUT2D eigenvalue weighted by Gasteiger charge is -2.54. The lowest BCUT2D eigenvalue weighted by atomic mass is 9.33. The first-order valence-electron chi connectivity index (χ1n) is 25.3. The zero-order chi connectivity index (χ0) is 46.3. The number of hydrogen-bond donors (Lipinski definition) is 0. The summed E-state index contributed by atoms with van der Waals surface area (Å²) in [5.74, 6) is 0. The number of para-hydroxylation sites is 1. The van der Waals surface area contributed by atoms with Crippen LogP contribution in [0.5, 0.6) is 0 Å². The second kappa shape index (κ2) is 13.3. The predicted octanol–water partition coefficient (Wildman–Crippen LogP) is 14.2. The highest BCUT2D eigenvalue weighted by atomic mass is 15.3. The Hall–Kier alpha value is -5.22. The van der Waals surface area contributed by atoms with Gasteiger partial charge in [0.25, 0.3) is 6.71 Å². The Morgan fingerprint density at radius 1 is 0.470 bits per heavy atom. The van der Waals surface area contributed by atoms with Gasteiger partial charge in [0, 0.05) is 50.6 Å². The maximum atomic E-state index is 2.90. The zero-order valence-corrected chi connectivity index (χ0v) is 42.1. The van der Waals surface area contributed by atoms with E-state index >= 15 is 0 Å². The van der Waals surface area contributed by atoms with Gasteiger partial charge in [-0.15, -0.1) is 0 Å². The van der Waals surface area contributed by atoms with Crippen LogP contribution in [0.15, 0.2) is 115 Å². The van der Waals surface area contributed by atoms with Crippen molar-refractivity contribution in [1.29, 1.82) is 0 Å². The van der Waals surface area contributed by atoms with Gasteiger partial charge in [0.05, 0.1) is 11.1 Å². The van der Waals surface area contributed by atoms with E-state index in [0.29, 0.717) is 0 Å². The van der Waals surface area contributed by atoms with Crippen molar-refractivity contribution < 1.29 is 0 Å². The van der Waals surface area contributed by atoms with E-state index in [0.717, 1.165) is 19.3 Å². The van der Waals surface area contributed by atoms with E-state index in [1.165, 1.54) is 114 Å². The van der Waals surface area contributed by atoms with Crippen LogP contribution < -0.4 is 31.1 Å². The summed E-state index contributed by atoms with van der Waals surface area (Å²) in [5, 5.41) is 0. The zero-order valence-electron chi connectivity index (χ0n) is 42.1. The van der Waals surface area contributed by atoms with Crippen molar-refractivity contribution in [2.75, 3.05) is 14.7 Å². The van der Waals surface area contributed by atoms with E-state index in [2.05, 4.69) is 220 Å². The number of fused-ring (bicyclic) bond motifs is 12. The third kappa shape index (κ3) is 5.28. The van der Waals surface area contributed by atoms with Crippen LogP contribution in [0, 0.1) is 0 Å². The van der Waals surface area contributed by atoms with Crippen molar-refractivity contribution in [2.45, 2.75) is 167 Å². The van der Waals surface area contributed by atoms with Crippen LogP contribution >= 0.6 is 0 Å². The van der Waals surface area contributed by atoms with Crippen LogP contribution in [0.25, 0.3) is 0 Å². The third-order valence-corrected chi connectivity index (χ3v) is 18.7. The minimum Gasteiger partial charge on any atom is -0.334 e. The molecule has 0 saturated heterocycles. The van der Waals surface area contributed by atoms with Crippen molar-refractivity contribution in [2.24, 2.45) is 0 Å². The molecule has 3 nitrogen and oxygen atoms in total. The van der Waals surface area contributed by atoms with Crippen LogP contribution in [0.2, 0.25) is 0 Å². The van der Waals surface area contributed by atoms with E-state index < -0.39 is 0 Å². The predicted molar refractivity (Wildman–Crippen MR) is 283 cm³/mol. The fourth-order valence-electron chi connectivity index (χ4n) is 14.4. The minimum absolute atomic E-state index is 0.00177. The Morgan fingerprint density at radius 3 is 1.80 bits per heavy atom. The fourth-order valence-corrected chi connectivity index (χ4v) is 14.4. The smallest absolute Gasteiger partial charge is 0.252 e. The van der Waals surface area contributed by atoms with Gasteiger partial charge in [-0.2, -0.15) is 0 Å². The molecule has 1 fully saturated rings. The Bertz CT molecular complexity index is 3030. The molecule has 66 heavy (non-hydrogen) atoms. The molecule has 6 aliphatic rings. The summed E-state index contributed by atoms with van der Waals surface area (Å²) in [6.07, 6.45) is 7.08. The third-order valence-electron chi connectivity index (χ3n) is 18.7. The molecule has 2 aliphatic carbocycles. The first-order valence-corrected chi connectivity index (χ1v) is 25.3. The maximum absolute atomic E-state index is 2.90. The molecule has 0 N–H and O–H groups in total. The van der Waals surface area contributed by atoms with Gasteiger partial charge in [0.2, 0.25) is 0 Å². The molecule has 6 aromatic rings. The lowest BCUT2D eigenvalue weighted by Crippen LogP contribution is -2.64. The molecule has 4 heteroatoms. The van der Waals surface area contributed by atoms with E-state index in [1.807, 2.05) is 0 Å². The SMILES string of the molecule is CC(C)(C)c1ccc(N2c3ccc(C(C)(C)C)cc3B3c4cccc5c4N(c4cc(N6c7ccc(C(C)(C)C)cc7C7(C)CCCCC67C)cc2c43)C2(C)c3ccccc3CCC52C)cc1. The second-order valence-corrected chi connectivity index (χ2v) is 25.3. The second-order valence-electron chi connectivity index (χ2n) is 25.3. The summed E-state index contributed by atoms with van der Waals surface area (Å²) in [5.41, 5.74) is 23.5. The Morgan fingerprint density at radius 2 is 1.09 bits per heavy atom. The average molecular weight is 868 g/mol. The molecule has 4 aliphatic heterocycles. The van der Waals surface area contributed by atoms with Gasteiger partial charge in [-0.3, -0.25) is 0 Å². The summed E-state index contributed by atoms with van der Waals surface area (Å²) >= 11 is 0. The standard InChI is InChI=1S/C62H70BN3/c1-56(2,3)40-23-27-43(28-24-40)64-51-30-26-42(58(7,8)9)36-49(51)63-48-22-18-21-46-55(48)66(62(13)45-20-15-14-19-39(45)31-34-60(46,62)11)53-38-44(37-52(64)54(53)63)65-50-29-25-41(57(4,5)6)35-47(50)59(10)32-16-17-33-61(59,65)12/h14-15,18-30,35-38H,16-17,31-34H2,1-13H3. The van der Waals surface area contributed by atoms with E-state index in [9.17, 15) is 0 Å². The number of benzene rings is 6. The highest BCUT2D eigenvalue weighted by Crippen LogP contribution is 2.66. The Kier molecular flexibility index (Phi) is 8.48. The first-order chi connectivity index (χ1) is 31.1. The van der Waals surface area contributed by atoms with Gasteiger partial charge in [0.1, 0.15) is 0 Å². The number of hydrogen-bond acceptors (Lipinski definition) is 3. The molecule has 0 radical (unpaired) electrons. The minimum atomic E-state index is -0.307. The van der Waals surface area contributed by atoms with E-state index in [-0.39, 0.29) is 44.9 Å². The fraction of sp³-hybridized carbons (Fsp3) is 0.419. The van der Waals surface area contributed by atoms with Crippen LogP contribution in [0.3, 0.4) is 0 Å². The van der Waals surface area contributed by atoms with Crippen molar-refractivity contribution in [1.82, 2.24) is 0 Å². The monoisotopic (exact) mass is 868 g/mol. The Labute approximate surface area is 396 Å². The number of nitrogens with zero attached hydrogens (tertiary/aromatic N) is 3. The van der Waals surface area contributed by atoms with Crippen molar-refractivity contribution in [3.05, 3.63) is 154 Å². The summed E-state index contributed by atoms with van der Waals surface area (Å²) in [7, 11) is 0. The summed E-state index contributed by atoms with van der Waals surface area (Å²) < 4.78 is 0. The molecule has 4 heterocycles. The molecule has 6 aromatic carbocycles. The Balaban J connectivity index is 1.21. The molecule has 336 valence electrons. The molecule has 0 amide bonds. The molecule has 1 saturated carbocycles. The molecular weight excluding hydrogens is 798 g/mol. The molecule has 12 rings (SSSR count). The average Bonchev–Trinajstić information content (AvgIpc) is 3.62. The largest absolute Gasteiger partial charge is 0.334 e. The number of rotatable bonds is 2. The molecule has 0 aromatic heterocycles. The summed E-state index contributed by atoms with van der Waals surface area (Å²) in [4.78, 5) is 8.42. The van der Waals surface area contributed by atoms with Gasteiger partial charge >= 0.3 is 0 Å². The first kappa shape index (κ1) is 42.2. The highest BCUT2D eigenvalue weighted by Gasteiger charge is 2.64. The van der Waals surface area contributed by atoms with Crippen LogP contribution in [0.1, 0.15) is 161 Å². The summed E-state index contributed by atoms with van der Waals surface area (Å²) in [6.45, 7) is 31.7. The number of anilines is 7. The molecule has 0 spiro atoms. The van der Waals surface area contributed by atoms with Crippen LogP contribution in [-0.4, -0.2) is 12.3 Å². The molecular formula is C62H70BN3. The maximum Gasteiger partial charge on any atom is 0.252 e. The quantitative estimate of drug-likeness (QED) is 0.160. The van der Waals surface area contributed by atoms with Crippen LogP contribution in [0.4, 0.5) is 39.8 Å².